The molecule has 1 amide bonds. The largest absolute Gasteiger partial charge is 0.452 e. The van der Waals surface area contributed by atoms with Crippen molar-refractivity contribution in [3.8, 4) is 0 Å². The van der Waals surface area contributed by atoms with Crippen LogP contribution < -0.4 is 0 Å². The van der Waals surface area contributed by atoms with Crippen LogP contribution in [0.4, 0.5) is 0 Å². The first kappa shape index (κ1) is 19.4. The van der Waals surface area contributed by atoms with E-state index in [9.17, 15) is 9.59 Å². The molecule has 0 N–H and O–H groups in total. The number of aromatic nitrogens is 1. The van der Waals surface area contributed by atoms with Crippen LogP contribution in [0.5, 0.6) is 0 Å². The SMILES string of the molecule is CSc1ccccc1C(=O)OCC(=O)N(C)[C@H](C)c1nc2ccccc2s1. The Balaban J connectivity index is 1.64. The van der Waals surface area contributed by atoms with Gasteiger partial charge in [-0.25, -0.2) is 9.78 Å². The number of rotatable bonds is 6. The summed E-state index contributed by atoms with van der Waals surface area (Å²) in [7, 11) is 1.70. The van der Waals surface area contributed by atoms with E-state index in [2.05, 4.69) is 4.98 Å². The summed E-state index contributed by atoms with van der Waals surface area (Å²) in [5, 5.41) is 0.853. The highest BCUT2D eigenvalue weighted by Gasteiger charge is 2.22. The van der Waals surface area contributed by atoms with Crippen molar-refractivity contribution < 1.29 is 14.3 Å². The molecule has 5 nitrogen and oxygen atoms in total. The summed E-state index contributed by atoms with van der Waals surface area (Å²) in [5.74, 6) is -0.758. The molecule has 0 fully saturated rings. The van der Waals surface area contributed by atoms with Crippen molar-refractivity contribution in [1.29, 1.82) is 0 Å². The molecule has 0 saturated carbocycles. The topological polar surface area (TPSA) is 59.5 Å². The number of ether oxygens (including phenoxy) is 1. The normalized spacial score (nSPS) is 12.0. The summed E-state index contributed by atoms with van der Waals surface area (Å²) in [4.78, 5) is 31.8. The van der Waals surface area contributed by atoms with Gasteiger partial charge in [0.25, 0.3) is 5.91 Å². The summed E-state index contributed by atoms with van der Waals surface area (Å²) in [6, 6.07) is 14.9. The first-order valence-electron chi connectivity index (χ1n) is 8.42. The van der Waals surface area contributed by atoms with Crippen LogP contribution in [-0.4, -0.2) is 41.7 Å². The second kappa shape index (κ2) is 8.54. The molecule has 1 heterocycles. The van der Waals surface area contributed by atoms with Crippen LogP contribution in [0.15, 0.2) is 53.4 Å². The standard InChI is InChI=1S/C20H20N2O3S2/c1-13(19-21-15-9-5-7-11-17(15)27-19)22(2)18(23)12-25-20(24)14-8-4-6-10-16(14)26-3/h4-11,13H,12H2,1-3H3/t13-/m1/s1. The average Bonchev–Trinajstić information content (AvgIpc) is 3.14. The molecule has 7 heteroatoms. The van der Waals surface area contributed by atoms with E-state index in [1.54, 1.807) is 35.4 Å². The zero-order chi connectivity index (χ0) is 19.4. The lowest BCUT2D eigenvalue weighted by atomic mass is 10.2. The lowest BCUT2D eigenvalue weighted by Gasteiger charge is -2.23. The third kappa shape index (κ3) is 4.31. The maximum absolute atomic E-state index is 12.5. The molecule has 2 aromatic carbocycles. The van der Waals surface area contributed by atoms with Gasteiger partial charge in [0.1, 0.15) is 5.01 Å². The molecule has 0 radical (unpaired) electrons. The van der Waals surface area contributed by atoms with Gasteiger partial charge in [-0.3, -0.25) is 4.79 Å². The number of para-hydroxylation sites is 1. The van der Waals surface area contributed by atoms with Gasteiger partial charge in [-0.1, -0.05) is 24.3 Å². The molecule has 0 aliphatic carbocycles. The Kier molecular flexibility index (Phi) is 6.13. The molecule has 0 saturated heterocycles. The van der Waals surface area contributed by atoms with Crippen molar-refractivity contribution in [2.24, 2.45) is 0 Å². The molecule has 0 bridgehead atoms. The van der Waals surface area contributed by atoms with E-state index in [4.69, 9.17) is 4.74 Å². The number of thioether (sulfide) groups is 1. The third-order valence-electron chi connectivity index (χ3n) is 4.30. The van der Waals surface area contributed by atoms with Gasteiger partial charge < -0.3 is 9.64 Å². The van der Waals surface area contributed by atoms with Gasteiger partial charge in [0.05, 0.1) is 21.8 Å². The van der Waals surface area contributed by atoms with Crippen molar-refractivity contribution in [3.05, 3.63) is 59.1 Å². The molecule has 0 unspecified atom stereocenters. The van der Waals surface area contributed by atoms with Gasteiger partial charge in [0.15, 0.2) is 6.61 Å². The van der Waals surface area contributed by atoms with E-state index < -0.39 is 5.97 Å². The van der Waals surface area contributed by atoms with Crippen LogP contribution in [0.25, 0.3) is 10.2 Å². The minimum absolute atomic E-state index is 0.202. The van der Waals surface area contributed by atoms with Gasteiger partial charge in [0.2, 0.25) is 0 Å². The quantitative estimate of drug-likeness (QED) is 0.453. The number of thiazole rings is 1. The first-order chi connectivity index (χ1) is 13.0. The molecule has 1 aromatic heterocycles. The van der Waals surface area contributed by atoms with Crippen molar-refractivity contribution in [2.45, 2.75) is 17.9 Å². The Bertz CT molecular complexity index is 938. The zero-order valence-electron chi connectivity index (χ0n) is 15.3. The molecule has 3 rings (SSSR count). The van der Waals surface area contributed by atoms with E-state index in [0.29, 0.717) is 5.56 Å². The lowest BCUT2D eigenvalue weighted by molar-refractivity contribution is -0.135. The van der Waals surface area contributed by atoms with Gasteiger partial charge in [-0.05, 0) is 37.4 Å². The van der Waals surface area contributed by atoms with E-state index in [1.807, 2.05) is 49.6 Å². The Morgan fingerprint density at radius 1 is 1.19 bits per heavy atom. The Hall–Kier alpha value is -2.38. The number of benzene rings is 2. The number of amides is 1. The summed E-state index contributed by atoms with van der Waals surface area (Å²) in [5.41, 5.74) is 1.39. The maximum atomic E-state index is 12.5. The Labute approximate surface area is 166 Å². The van der Waals surface area contributed by atoms with Crippen LogP contribution in [-0.2, 0) is 9.53 Å². The van der Waals surface area contributed by atoms with E-state index in [-0.39, 0.29) is 18.6 Å². The van der Waals surface area contributed by atoms with Gasteiger partial charge in [0, 0.05) is 11.9 Å². The number of esters is 1. The van der Waals surface area contributed by atoms with Gasteiger partial charge >= 0.3 is 5.97 Å². The van der Waals surface area contributed by atoms with Gasteiger partial charge in [-0.15, -0.1) is 23.1 Å². The number of hydrogen-bond donors (Lipinski definition) is 0. The molecule has 3 aromatic rings. The highest BCUT2D eigenvalue weighted by molar-refractivity contribution is 7.98. The van der Waals surface area contributed by atoms with Crippen molar-refractivity contribution >= 4 is 45.2 Å². The number of hydrogen-bond acceptors (Lipinski definition) is 6. The fourth-order valence-corrected chi connectivity index (χ4v) is 4.22. The molecule has 0 aliphatic rings. The van der Waals surface area contributed by atoms with Crippen molar-refractivity contribution in [1.82, 2.24) is 9.88 Å². The monoisotopic (exact) mass is 400 g/mol. The summed E-state index contributed by atoms with van der Waals surface area (Å²) in [6.45, 7) is 1.62. The molecule has 0 aliphatic heterocycles. The van der Waals surface area contributed by atoms with Crippen LogP contribution in [0, 0.1) is 0 Å². The summed E-state index contributed by atoms with van der Waals surface area (Å²) in [6.07, 6.45) is 1.89. The fourth-order valence-electron chi connectivity index (χ4n) is 2.57. The van der Waals surface area contributed by atoms with Crippen LogP contribution >= 0.6 is 23.1 Å². The number of nitrogens with zero attached hydrogens (tertiary/aromatic N) is 2. The van der Waals surface area contributed by atoms with Crippen molar-refractivity contribution in [2.75, 3.05) is 19.9 Å². The van der Waals surface area contributed by atoms with Crippen LogP contribution in [0.3, 0.4) is 0 Å². The first-order valence-corrected chi connectivity index (χ1v) is 10.5. The third-order valence-corrected chi connectivity index (χ3v) is 6.30. The van der Waals surface area contributed by atoms with E-state index in [0.717, 1.165) is 20.1 Å². The molecular formula is C20H20N2O3S2. The second-order valence-electron chi connectivity index (χ2n) is 5.98. The Morgan fingerprint density at radius 3 is 2.63 bits per heavy atom. The van der Waals surface area contributed by atoms with Crippen LogP contribution in [0.2, 0.25) is 0 Å². The average molecular weight is 401 g/mol. The van der Waals surface area contributed by atoms with Crippen LogP contribution in [0.1, 0.15) is 28.3 Å². The minimum atomic E-state index is -0.491. The predicted molar refractivity (Wildman–Crippen MR) is 109 cm³/mol. The van der Waals surface area contributed by atoms with E-state index in [1.165, 1.54) is 11.8 Å². The molecule has 1 atom stereocenters. The molecule has 0 spiro atoms. The number of likely N-dealkylation sites (N-methyl/N-ethyl adjacent to an activating group) is 1. The number of fused-ring (bicyclic) bond motifs is 1. The highest BCUT2D eigenvalue weighted by Crippen LogP contribution is 2.29. The number of carbonyl (C=O) groups excluding carboxylic acids is 2. The smallest absolute Gasteiger partial charge is 0.339 e. The molecule has 27 heavy (non-hydrogen) atoms. The Morgan fingerprint density at radius 2 is 1.89 bits per heavy atom. The number of carbonyl (C=O) groups is 2. The molecule has 140 valence electrons. The molecular weight excluding hydrogens is 380 g/mol. The van der Waals surface area contributed by atoms with E-state index >= 15 is 0 Å². The van der Waals surface area contributed by atoms with Crippen molar-refractivity contribution in [3.63, 3.8) is 0 Å². The summed E-state index contributed by atoms with van der Waals surface area (Å²) < 4.78 is 6.32. The lowest BCUT2D eigenvalue weighted by Crippen LogP contribution is -2.33. The van der Waals surface area contributed by atoms with Gasteiger partial charge in [-0.2, -0.15) is 0 Å². The minimum Gasteiger partial charge on any atom is -0.452 e. The maximum Gasteiger partial charge on any atom is 0.339 e. The zero-order valence-corrected chi connectivity index (χ0v) is 17.0. The predicted octanol–water partition coefficient (Wildman–Crippen LogP) is 4.39. The summed E-state index contributed by atoms with van der Waals surface area (Å²) >= 11 is 3.03. The second-order valence-corrected chi connectivity index (χ2v) is 7.89. The fraction of sp³-hybridized carbons (Fsp3) is 0.250. The highest BCUT2D eigenvalue weighted by atomic mass is 32.2.